The third-order valence-electron chi connectivity index (χ3n) is 2.23. The Morgan fingerprint density at radius 1 is 0.889 bits per heavy atom. The molecule has 1 aromatic carbocycles. The molecule has 2 aromatic rings. The molecule has 7 heteroatoms. The van der Waals surface area contributed by atoms with E-state index >= 15 is 0 Å². The van der Waals surface area contributed by atoms with E-state index in [4.69, 9.17) is 4.42 Å². The summed E-state index contributed by atoms with van der Waals surface area (Å²) in [7, 11) is 0. The number of benzene rings is 1. The van der Waals surface area contributed by atoms with E-state index in [0.29, 0.717) is 5.76 Å². The van der Waals surface area contributed by atoms with E-state index in [1.54, 1.807) is 0 Å². The van der Waals surface area contributed by atoms with Gasteiger partial charge in [-0.2, -0.15) is 0 Å². The van der Waals surface area contributed by atoms with Gasteiger partial charge in [0.25, 0.3) is 0 Å². The van der Waals surface area contributed by atoms with Crippen LogP contribution in [0.3, 0.4) is 0 Å². The monoisotopic (exact) mass is 263 g/mol. The van der Waals surface area contributed by atoms with Gasteiger partial charge >= 0.3 is 0 Å². The van der Waals surface area contributed by atoms with Crippen LogP contribution in [0.2, 0.25) is 0 Å². The Hall–Kier alpha value is -2.05. The number of nitrogens with one attached hydrogen (secondary N) is 1. The highest BCUT2D eigenvalue weighted by molar-refractivity contribution is 5.47. The van der Waals surface area contributed by atoms with E-state index in [1.165, 1.54) is 18.4 Å². The van der Waals surface area contributed by atoms with Crippen LogP contribution >= 0.6 is 0 Å². The summed E-state index contributed by atoms with van der Waals surface area (Å²) >= 11 is 0. The van der Waals surface area contributed by atoms with Crippen LogP contribution in [0.1, 0.15) is 5.76 Å². The zero-order chi connectivity index (χ0) is 13.3. The van der Waals surface area contributed by atoms with Crippen LogP contribution in [0.15, 0.2) is 22.8 Å². The summed E-state index contributed by atoms with van der Waals surface area (Å²) in [4.78, 5) is 0. The van der Waals surface area contributed by atoms with Crippen LogP contribution in [0.25, 0.3) is 0 Å². The highest BCUT2D eigenvalue weighted by Crippen LogP contribution is 2.27. The van der Waals surface area contributed by atoms with Gasteiger partial charge in [0.2, 0.25) is 5.82 Å². The number of halogens is 5. The molecule has 0 unspecified atom stereocenters. The average Bonchev–Trinajstić information content (AvgIpc) is 2.87. The minimum absolute atomic E-state index is 0.203. The molecule has 18 heavy (non-hydrogen) atoms. The second-order valence-corrected chi connectivity index (χ2v) is 3.38. The second kappa shape index (κ2) is 4.67. The maximum absolute atomic E-state index is 13.2. The van der Waals surface area contributed by atoms with Crippen LogP contribution in [0.4, 0.5) is 27.6 Å². The summed E-state index contributed by atoms with van der Waals surface area (Å²) in [6.45, 7) is -0.203. The molecule has 0 saturated heterocycles. The normalized spacial score (nSPS) is 10.7. The highest BCUT2D eigenvalue weighted by atomic mass is 19.2. The molecule has 0 radical (unpaired) electrons. The molecule has 0 spiro atoms. The van der Waals surface area contributed by atoms with Gasteiger partial charge in [0.1, 0.15) is 11.4 Å². The van der Waals surface area contributed by atoms with Gasteiger partial charge in [0, 0.05) is 0 Å². The standard InChI is InChI=1S/C11H6F5NO/c12-6-7(13)9(15)11(10(16)8(6)14)17-4-5-2-1-3-18-5/h1-3,17H,4H2. The summed E-state index contributed by atoms with van der Waals surface area (Å²) in [5, 5.41) is 2.10. The summed E-state index contributed by atoms with van der Waals surface area (Å²) in [6.07, 6.45) is 1.32. The first-order chi connectivity index (χ1) is 8.52. The largest absolute Gasteiger partial charge is 0.467 e. The fraction of sp³-hybridized carbons (Fsp3) is 0.0909. The summed E-state index contributed by atoms with van der Waals surface area (Å²) in [5.74, 6) is -9.69. The van der Waals surface area contributed by atoms with E-state index in [0.717, 1.165) is 0 Å². The number of rotatable bonds is 3. The molecule has 2 nitrogen and oxygen atoms in total. The van der Waals surface area contributed by atoms with Crippen molar-refractivity contribution in [2.75, 3.05) is 5.32 Å². The van der Waals surface area contributed by atoms with Crippen LogP contribution in [0.5, 0.6) is 0 Å². The SMILES string of the molecule is Fc1c(F)c(F)c(NCc2ccco2)c(F)c1F. The average molecular weight is 263 g/mol. The van der Waals surface area contributed by atoms with Crippen molar-refractivity contribution in [3.8, 4) is 0 Å². The summed E-state index contributed by atoms with van der Waals surface area (Å²) in [6, 6.07) is 3.01. The lowest BCUT2D eigenvalue weighted by Crippen LogP contribution is -2.09. The Morgan fingerprint density at radius 2 is 1.44 bits per heavy atom. The van der Waals surface area contributed by atoms with Gasteiger partial charge in [-0.05, 0) is 12.1 Å². The van der Waals surface area contributed by atoms with Gasteiger partial charge in [-0.1, -0.05) is 0 Å². The molecule has 0 aliphatic carbocycles. The van der Waals surface area contributed by atoms with Gasteiger partial charge < -0.3 is 9.73 Å². The topological polar surface area (TPSA) is 25.2 Å². The molecule has 0 saturated carbocycles. The molecule has 96 valence electrons. The van der Waals surface area contributed by atoms with E-state index in [1.807, 2.05) is 0 Å². The van der Waals surface area contributed by atoms with Crippen molar-refractivity contribution in [1.82, 2.24) is 0 Å². The zero-order valence-electron chi connectivity index (χ0n) is 8.74. The maximum atomic E-state index is 13.2. The molecular weight excluding hydrogens is 257 g/mol. The molecule has 0 aliphatic rings. The predicted molar refractivity (Wildman–Crippen MR) is 52.3 cm³/mol. The maximum Gasteiger partial charge on any atom is 0.200 e. The smallest absolute Gasteiger partial charge is 0.200 e. The molecule has 0 fully saturated rings. The lowest BCUT2D eigenvalue weighted by Gasteiger charge is -2.09. The molecule has 2 rings (SSSR count). The van der Waals surface area contributed by atoms with Crippen molar-refractivity contribution < 1.29 is 26.4 Å². The summed E-state index contributed by atoms with van der Waals surface area (Å²) in [5.41, 5.74) is -1.08. The third kappa shape index (κ3) is 2.03. The first kappa shape index (κ1) is 12.4. The lowest BCUT2D eigenvalue weighted by molar-refractivity contribution is 0.381. The van der Waals surface area contributed by atoms with Crippen molar-refractivity contribution in [2.45, 2.75) is 6.54 Å². The Morgan fingerprint density at radius 3 is 1.94 bits per heavy atom. The molecule has 0 bridgehead atoms. The molecular formula is C11H6F5NO. The zero-order valence-corrected chi connectivity index (χ0v) is 8.74. The van der Waals surface area contributed by atoms with Crippen LogP contribution in [-0.4, -0.2) is 0 Å². The van der Waals surface area contributed by atoms with E-state index in [-0.39, 0.29) is 6.54 Å². The Kier molecular flexibility index (Phi) is 3.22. The van der Waals surface area contributed by atoms with Crippen molar-refractivity contribution in [3.63, 3.8) is 0 Å². The van der Waals surface area contributed by atoms with Crippen molar-refractivity contribution in [3.05, 3.63) is 53.2 Å². The Balaban J connectivity index is 2.33. The molecule has 0 aliphatic heterocycles. The Bertz CT molecular complexity index is 538. The number of anilines is 1. The predicted octanol–water partition coefficient (Wildman–Crippen LogP) is 3.59. The fourth-order valence-electron chi connectivity index (χ4n) is 1.35. The van der Waals surface area contributed by atoms with Crippen molar-refractivity contribution >= 4 is 5.69 Å². The third-order valence-corrected chi connectivity index (χ3v) is 2.23. The highest BCUT2D eigenvalue weighted by Gasteiger charge is 2.25. The van der Waals surface area contributed by atoms with Gasteiger partial charge in [-0.25, -0.2) is 22.0 Å². The van der Waals surface area contributed by atoms with E-state index < -0.39 is 34.8 Å². The quantitative estimate of drug-likeness (QED) is 0.520. The van der Waals surface area contributed by atoms with E-state index in [9.17, 15) is 22.0 Å². The van der Waals surface area contributed by atoms with E-state index in [2.05, 4.69) is 5.32 Å². The first-order valence-electron chi connectivity index (χ1n) is 4.80. The number of hydrogen-bond donors (Lipinski definition) is 1. The van der Waals surface area contributed by atoms with Crippen LogP contribution in [0, 0.1) is 29.1 Å². The molecule has 0 amide bonds. The lowest BCUT2D eigenvalue weighted by atomic mass is 10.2. The van der Waals surface area contributed by atoms with Gasteiger partial charge in [0.05, 0.1) is 12.8 Å². The Labute approximate surface area is 98.0 Å². The van der Waals surface area contributed by atoms with Crippen LogP contribution in [-0.2, 0) is 6.54 Å². The number of hydrogen-bond acceptors (Lipinski definition) is 2. The van der Waals surface area contributed by atoms with Gasteiger partial charge in [0.15, 0.2) is 23.3 Å². The first-order valence-corrected chi connectivity index (χ1v) is 4.80. The molecule has 1 N–H and O–H groups in total. The molecule has 0 atom stereocenters. The molecule has 1 heterocycles. The van der Waals surface area contributed by atoms with Crippen molar-refractivity contribution in [1.29, 1.82) is 0 Å². The van der Waals surface area contributed by atoms with Gasteiger partial charge in [-0.15, -0.1) is 0 Å². The summed E-state index contributed by atoms with van der Waals surface area (Å²) < 4.78 is 69.7. The van der Waals surface area contributed by atoms with Crippen LogP contribution < -0.4 is 5.32 Å². The fourth-order valence-corrected chi connectivity index (χ4v) is 1.35. The second-order valence-electron chi connectivity index (χ2n) is 3.38. The van der Waals surface area contributed by atoms with Crippen molar-refractivity contribution in [2.24, 2.45) is 0 Å². The van der Waals surface area contributed by atoms with Gasteiger partial charge in [-0.3, -0.25) is 0 Å². The number of furan rings is 1. The molecule has 1 aromatic heterocycles. The minimum atomic E-state index is -2.19. The minimum Gasteiger partial charge on any atom is -0.467 e.